The van der Waals surface area contributed by atoms with Crippen molar-refractivity contribution in [3.8, 4) is 5.75 Å². The van der Waals surface area contributed by atoms with Crippen LogP contribution in [0.2, 0.25) is 0 Å². The smallest absolute Gasteiger partial charge is 0.176 e. The van der Waals surface area contributed by atoms with Crippen molar-refractivity contribution in [3.05, 3.63) is 65.4 Å². The number of Topliss-reactive ketones (excluding diaryl/α,β-unsaturated/α-hetero) is 1. The summed E-state index contributed by atoms with van der Waals surface area (Å²) in [5.74, 6) is 0.743. The highest BCUT2D eigenvalue weighted by Crippen LogP contribution is 2.37. The number of hydrogen-bond acceptors (Lipinski definition) is 2. The van der Waals surface area contributed by atoms with E-state index >= 15 is 0 Å². The van der Waals surface area contributed by atoms with E-state index in [4.69, 9.17) is 4.74 Å². The number of H-pyrrole nitrogens is 1. The summed E-state index contributed by atoms with van der Waals surface area (Å²) >= 11 is 0. The SMILES string of the molecule is Cc1cccc2[nH]cc(C(=O)C3COc4ccccc43)c12. The molecule has 1 unspecified atom stereocenters. The molecule has 2 aromatic carbocycles. The minimum Gasteiger partial charge on any atom is -0.492 e. The van der Waals surface area contributed by atoms with E-state index in [0.29, 0.717) is 6.61 Å². The Morgan fingerprint density at radius 2 is 2.05 bits per heavy atom. The normalized spacial score (nSPS) is 16.7. The summed E-state index contributed by atoms with van der Waals surface area (Å²) in [5, 5.41) is 1.02. The lowest BCUT2D eigenvalue weighted by Gasteiger charge is -2.08. The molecule has 3 nitrogen and oxygen atoms in total. The lowest BCUT2D eigenvalue weighted by Crippen LogP contribution is -2.14. The van der Waals surface area contributed by atoms with E-state index in [-0.39, 0.29) is 11.7 Å². The maximum absolute atomic E-state index is 12.9. The molecular formula is C18H15NO2. The molecule has 0 amide bonds. The molecule has 4 rings (SSSR count). The molecule has 1 atom stereocenters. The van der Waals surface area contributed by atoms with Gasteiger partial charge in [0, 0.05) is 28.2 Å². The van der Waals surface area contributed by atoms with Crippen LogP contribution in [-0.2, 0) is 0 Å². The first-order valence-electron chi connectivity index (χ1n) is 7.08. The number of nitrogens with one attached hydrogen (secondary N) is 1. The zero-order chi connectivity index (χ0) is 14.4. The molecule has 0 radical (unpaired) electrons. The van der Waals surface area contributed by atoms with E-state index < -0.39 is 0 Å². The van der Waals surface area contributed by atoms with Gasteiger partial charge in [0.2, 0.25) is 0 Å². The van der Waals surface area contributed by atoms with E-state index in [1.165, 1.54) is 0 Å². The fourth-order valence-electron chi connectivity index (χ4n) is 3.13. The van der Waals surface area contributed by atoms with Gasteiger partial charge in [-0.1, -0.05) is 30.3 Å². The number of aryl methyl sites for hydroxylation is 1. The second-order valence-electron chi connectivity index (χ2n) is 5.47. The monoisotopic (exact) mass is 277 g/mol. The molecule has 3 heteroatoms. The summed E-state index contributed by atoms with van der Waals surface area (Å²) in [7, 11) is 0. The van der Waals surface area contributed by atoms with Crippen molar-refractivity contribution in [2.24, 2.45) is 0 Å². The third-order valence-electron chi connectivity index (χ3n) is 4.20. The van der Waals surface area contributed by atoms with Crippen LogP contribution in [0, 0.1) is 6.92 Å². The van der Waals surface area contributed by atoms with Gasteiger partial charge in [0.15, 0.2) is 5.78 Å². The highest BCUT2D eigenvalue weighted by molar-refractivity contribution is 6.12. The van der Waals surface area contributed by atoms with Crippen molar-refractivity contribution >= 4 is 16.7 Å². The second kappa shape index (κ2) is 4.48. The van der Waals surface area contributed by atoms with Crippen LogP contribution in [0.1, 0.15) is 27.4 Å². The number of fused-ring (bicyclic) bond motifs is 2. The summed E-state index contributed by atoms with van der Waals surface area (Å²) in [6.45, 7) is 2.46. The van der Waals surface area contributed by atoms with Gasteiger partial charge in [-0.3, -0.25) is 4.79 Å². The van der Waals surface area contributed by atoms with Crippen LogP contribution in [0.5, 0.6) is 5.75 Å². The van der Waals surface area contributed by atoms with E-state index in [1.807, 2.05) is 55.6 Å². The van der Waals surface area contributed by atoms with Gasteiger partial charge in [-0.25, -0.2) is 0 Å². The minimum atomic E-state index is -0.209. The Morgan fingerprint density at radius 3 is 2.95 bits per heavy atom. The molecule has 21 heavy (non-hydrogen) atoms. The predicted molar refractivity (Wildman–Crippen MR) is 82.0 cm³/mol. The molecule has 2 heterocycles. The fourth-order valence-corrected chi connectivity index (χ4v) is 3.13. The number of aromatic amines is 1. The maximum Gasteiger partial charge on any atom is 0.176 e. The minimum absolute atomic E-state index is 0.125. The van der Waals surface area contributed by atoms with Gasteiger partial charge in [-0.2, -0.15) is 0 Å². The number of benzene rings is 2. The molecule has 1 aliphatic heterocycles. The standard InChI is InChI=1S/C18H15NO2/c1-11-5-4-7-15-17(11)13(9-19-15)18(20)14-10-21-16-8-3-2-6-12(14)16/h2-9,14,19H,10H2,1H3. The number of para-hydroxylation sites is 1. The average Bonchev–Trinajstić information content (AvgIpc) is 3.11. The van der Waals surface area contributed by atoms with Crippen molar-refractivity contribution in [1.82, 2.24) is 4.98 Å². The van der Waals surface area contributed by atoms with Crippen LogP contribution in [0.15, 0.2) is 48.7 Å². The highest BCUT2D eigenvalue weighted by atomic mass is 16.5. The summed E-state index contributed by atoms with van der Waals surface area (Å²) in [6, 6.07) is 13.8. The molecule has 1 aliphatic rings. The number of ether oxygens (including phenoxy) is 1. The van der Waals surface area contributed by atoms with Crippen LogP contribution in [0.25, 0.3) is 10.9 Å². The third kappa shape index (κ3) is 1.77. The fraction of sp³-hybridized carbons (Fsp3) is 0.167. The second-order valence-corrected chi connectivity index (χ2v) is 5.47. The number of aromatic nitrogens is 1. The van der Waals surface area contributed by atoms with Crippen LogP contribution in [-0.4, -0.2) is 17.4 Å². The molecule has 0 fully saturated rings. The van der Waals surface area contributed by atoms with Crippen LogP contribution < -0.4 is 4.74 Å². The lowest BCUT2D eigenvalue weighted by molar-refractivity contribution is 0.0949. The van der Waals surface area contributed by atoms with Crippen molar-refractivity contribution in [3.63, 3.8) is 0 Å². The van der Waals surface area contributed by atoms with Gasteiger partial charge >= 0.3 is 0 Å². The third-order valence-corrected chi connectivity index (χ3v) is 4.20. The van der Waals surface area contributed by atoms with Crippen LogP contribution >= 0.6 is 0 Å². The van der Waals surface area contributed by atoms with Gasteiger partial charge in [0.1, 0.15) is 12.4 Å². The first-order valence-corrected chi connectivity index (χ1v) is 7.08. The Morgan fingerprint density at radius 1 is 1.19 bits per heavy atom. The number of rotatable bonds is 2. The summed E-state index contributed by atoms with van der Waals surface area (Å²) in [6.07, 6.45) is 1.82. The number of ketones is 1. The Bertz CT molecular complexity index is 847. The van der Waals surface area contributed by atoms with Crippen molar-refractivity contribution in [2.45, 2.75) is 12.8 Å². The zero-order valence-corrected chi connectivity index (χ0v) is 11.7. The molecule has 0 spiro atoms. The first-order chi connectivity index (χ1) is 10.3. The zero-order valence-electron chi connectivity index (χ0n) is 11.7. The highest BCUT2D eigenvalue weighted by Gasteiger charge is 2.32. The molecule has 104 valence electrons. The Balaban J connectivity index is 1.82. The van der Waals surface area contributed by atoms with E-state index in [1.54, 1.807) is 0 Å². The Hall–Kier alpha value is -2.55. The van der Waals surface area contributed by atoms with Gasteiger partial charge in [0.05, 0.1) is 5.92 Å². The quantitative estimate of drug-likeness (QED) is 0.723. The Kier molecular flexibility index (Phi) is 2.61. The van der Waals surface area contributed by atoms with E-state index in [0.717, 1.165) is 33.3 Å². The number of carbonyl (C=O) groups excluding carboxylic acids is 1. The largest absolute Gasteiger partial charge is 0.492 e. The van der Waals surface area contributed by atoms with Crippen LogP contribution in [0.4, 0.5) is 0 Å². The van der Waals surface area contributed by atoms with Gasteiger partial charge in [0.25, 0.3) is 0 Å². The van der Waals surface area contributed by atoms with Crippen molar-refractivity contribution in [1.29, 1.82) is 0 Å². The molecule has 1 aromatic heterocycles. The molecule has 0 saturated carbocycles. The number of hydrogen-bond donors (Lipinski definition) is 1. The summed E-state index contributed by atoms with van der Waals surface area (Å²) < 4.78 is 5.64. The topological polar surface area (TPSA) is 42.1 Å². The molecule has 1 N–H and O–H groups in total. The number of carbonyl (C=O) groups is 1. The van der Waals surface area contributed by atoms with Gasteiger partial charge in [-0.15, -0.1) is 0 Å². The maximum atomic E-state index is 12.9. The molecule has 0 aliphatic carbocycles. The summed E-state index contributed by atoms with van der Waals surface area (Å²) in [5.41, 5.74) is 3.87. The van der Waals surface area contributed by atoms with Crippen LogP contribution in [0.3, 0.4) is 0 Å². The van der Waals surface area contributed by atoms with Gasteiger partial charge in [-0.05, 0) is 24.6 Å². The first kappa shape index (κ1) is 12.2. The molecule has 0 bridgehead atoms. The predicted octanol–water partition coefficient (Wildman–Crippen LogP) is 3.84. The van der Waals surface area contributed by atoms with E-state index in [2.05, 4.69) is 4.98 Å². The molecule has 3 aromatic rings. The Labute approximate surface area is 122 Å². The average molecular weight is 277 g/mol. The lowest BCUT2D eigenvalue weighted by atomic mass is 9.91. The van der Waals surface area contributed by atoms with Gasteiger partial charge < -0.3 is 9.72 Å². The summed E-state index contributed by atoms with van der Waals surface area (Å²) in [4.78, 5) is 16.1. The molecule has 0 saturated heterocycles. The van der Waals surface area contributed by atoms with Crippen molar-refractivity contribution in [2.75, 3.05) is 6.61 Å². The van der Waals surface area contributed by atoms with Crippen molar-refractivity contribution < 1.29 is 9.53 Å². The molecular weight excluding hydrogens is 262 g/mol. The van der Waals surface area contributed by atoms with E-state index in [9.17, 15) is 4.79 Å².